The molecule has 0 aliphatic rings. The zero-order chi connectivity index (χ0) is 20.7. The van der Waals surface area contributed by atoms with Crippen LogP contribution in [0.5, 0.6) is 0 Å². The third-order valence-electron chi connectivity index (χ3n) is 0. The summed E-state index contributed by atoms with van der Waals surface area (Å²) in [6.07, 6.45) is 0. The molecule has 28 heteroatoms. The van der Waals surface area contributed by atoms with E-state index in [1.807, 2.05) is 0 Å². The van der Waals surface area contributed by atoms with Crippen molar-refractivity contribution in [2.45, 2.75) is 0 Å². The van der Waals surface area contributed by atoms with Gasteiger partial charge in [-0.15, -0.1) is 0 Å². The molecule has 0 aliphatic carbocycles. The smallest absolute Gasteiger partial charge is 0.759 e. The third kappa shape index (κ3) is 18400. The molecule has 0 amide bonds. The molecule has 0 aromatic carbocycles. The Morgan fingerprint density at radius 2 is 0.464 bits per heavy atom. The van der Waals surface area contributed by atoms with Gasteiger partial charge in [0.05, 0.1) is 10.2 Å². The molecule has 0 spiro atoms. The molecule has 0 unspecified atom stereocenters. The summed E-state index contributed by atoms with van der Waals surface area (Å²) in [5.74, 6) is 0. The molecule has 0 fully saturated rings. The van der Waals surface area contributed by atoms with Crippen molar-refractivity contribution in [1.29, 1.82) is 0 Å². The standard InChI is InChI=1S/2Ag.Cu.2NO3.2Ni.3H2O4S/c;;;2*2-1(3)4;;;3*1-5(2,3)4/h;;;;;;;3*(H2,1,2,3,4)/q2*+1;+2;2*-1;2*+2;;;/p-6. The summed E-state index contributed by atoms with van der Waals surface area (Å²) in [5.41, 5.74) is 0. The van der Waals surface area contributed by atoms with Gasteiger partial charge in [0.2, 0.25) is 0 Å². The minimum atomic E-state index is -5.17. The van der Waals surface area contributed by atoms with E-state index in [0.29, 0.717) is 0 Å². The van der Waals surface area contributed by atoms with Gasteiger partial charge in [-0.05, 0) is 0 Å². The van der Waals surface area contributed by atoms with Crippen LogP contribution >= 0.6 is 0 Å². The molecule has 1 radical (unpaired) electrons. The fraction of sp³-hybridized carbons (Fsp3) is 0. The Bertz CT molecular complexity index is 512. The first-order valence-corrected chi connectivity index (χ1v) is 7.10. The van der Waals surface area contributed by atoms with Crippen LogP contribution in [0.25, 0.3) is 0 Å². The van der Waals surface area contributed by atoms with Crippen molar-refractivity contribution in [3.05, 3.63) is 30.6 Å². The second-order valence-corrected chi connectivity index (χ2v) is 4.12. The van der Waals surface area contributed by atoms with Gasteiger partial charge in [-0.2, -0.15) is 0 Å². The fourth-order valence-electron chi connectivity index (χ4n) is 0. The van der Waals surface area contributed by atoms with Crippen molar-refractivity contribution in [2.24, 2.45) is 0 Å². The molecule has 0 rings (SSSR count). The van der Waals surface area contributed by atoms with Crippen molar-refractivity contribution in [1.82, 2.24) is 0 Å². The van der Waals surface area contributed by atoms with E-state index in [1.54, 1.807) is 0 Å². The first kappa shape index (κ1) is 63.0. The van der Waals surface area contributed by atoms with E-state index in [4.69, 9.17) is 83.2 Å². The van der Waals surface area contributed by atoms with Crippen molar-refractivity contribution < 1.29 is 158 Å². The molecule has 28 heavy (non-hydrogen) atoms. The second-order valence-electron chi connectivity index (χ2n) is 1.67. The van der Waals surface area contributed by atoms with E-state index < -0.39 is 41.4 Å². The van der Waals surface area contributed by atoms with E-state index in [0.717, 1.165) is 0 Å². The molecule has 0 heterocycles. The zero-order valence-corrected chi connectivity index (χ0v) is 19.3. The molecule has 0 aromatic rings. The topological polar surface area (TPSA) is 373 Å². The van der Waals surface area contributed by atoms with Gasteiger partial charge in [-0.1, -0.05) is 0 Å². The summed E-state index contributed by atoms with van der Waals surface area (Å²) < 4.78 is 102. The first-order valence-electron chi connectivity index (χ1n) is 3.10. The normalized spacial score (nSPS) is 7.93. The summed E-state index contributed by atoms with van der Waals surface area (Å²) >= 11 is 0. The van der Waals surface area contributed by atoms with Crippen LogP contribution in [0.1, 0.15) is 0 Å². The number of hydrogen-bond acceptors (Lipinski definition) is 18. The average Bonchev–Trinajstić information content (AvgIpc) is 1.85. The van der Waals surface area contributed by atoms with Crippen LogP contribution in [0.2, 0.25) is 0 Å². The molecular formula is Ag2CuN2Ni2O18S3. The molecule has 189 valence electrons. The Balaban J connectivity index is -0.0000000174. The minimum Gasteiger partial charge on any atom is -0.759 e. The maximum Gasteiger partial charge on any atom is 2.00 e. The summed E-state index contributed by atoms with van der Waals surface area (Å²) in [6.45, 7) is 0. The molecule has 0 atom stereocenters. The summed E-state index contributed by atoms with van der Waals surface area (Å²) in [5, 5.41) is 29.5. The fourth-order valence-corrected chi connectivity index (χ4v) is 0. The van der Waals surface area contributed by atoms with Gasteiger partial charge >= 0.3 is 94.8 Å². The van der Waals surface area contributed by atoms with E-state index in [9.17, 15) is 0 Å². The SMILES string of the molecule is O=S(=O)([O-])[O-].O=S(=O)([O-])[O-].O=S(=O)([O-])[O-].O=[N+]([O-])[O-].O=[N+]([O-])[O-].[Ag+].[Ag+].[Cu+2].[Ni+2].[Ni+2]. The number of nitrogens with zero attached hydrogens (tertiary/aromatic N) is 2. The summed E-state index contributed by atoms with van der Waals surface area (Å²) in [6, 6.07) is 0. The predicted octanol–water partition coefficient (Wildman–Crippen LogP) is -4.50. The monoisotopic (exact) mass is 804 g/mol. The summed E-state index contributed by atoms with van der Waals surface area (Å²) in [4.78, 5) is 16.5. The number of rotatable bonds is 0. The van der Waals surface area contributed by atoms with Crippen molar-refractivity contribution in [3.63, 3.8) is 0 Å². The van der Waals surface area contributed by atoms with Crippen LogP contribution in [0.3, 0.4) is 0 Å². The zero-order valence-electron chi connectivity index (χ0n) is 11.0. The number of hydrogen-bond donors (Lipinski definition) is 0. The largest absolute Gasteiger partial charge is 2.00 e. The maximum atomic E-state index is 8.52. The van der Waals surface area contributed by atoms with Crippen LogP contribution in [0.15, 0.2) is 0 Å². The van der Waals surface area contributed by atoms with E-state index in [-0.39, 0.29) is 94.8 Å². The van der Waals surface area contributed by atoms with Crippen LogP contribution in [-0.4, -0.2) is 62.7 Å². The van der Waals surface area contributed by atoms with Crippen LogP contribution in [0, 0.1) is 30.6 Å². The third-order valence-corrected chi connectivity index (χ3v) is 0. The minimum absolute atomic E-state index is 0. The molecule has 0 saturated heterocycles. The van der Waals surface area contributed by atoms with Crippen LogP contribution in [-0.2, 0) is 126 Å². The molecule has 0 N–H and O–H groups in total. The molecule has 20 nitrogen and oxygen atoms in total. The predicted molar refractivity (Wildman–Crippen MR) is 52.1 cm³/mol. The average molecular weight is 809 g/mol. The Labute approximate surface area is 217 Å². The maximum absolute atomic E-state index is 8.52. The molecule has 0 bridgehead atoms. The second kappa shape index (κ2) is 32.7. The Hall–Kier alpha value is 0.997. The van der Waals surface area contributed by atoms with Crippen LogP contribution in [0.4, 0.5) is 0 Å². The van der Waals surface area contributed by atoms with Gasteiger partial charge in [0.1, 0.15) is 0 Å². The molecule has 0 saturated carbocycles. The van der Waals surface area contributed by atoms with Crippen molar-refractivity contribution in [3.8, 4) is 0 Å². The van der Waals surface area contributed by atoms with Gasteiger partial charge in [0.25, 0.3) is 0 Å². The van der Waals surface area contributed by atoms with Gasteiger partial charge in [-0.3, -0.25) is 25.3 Å². The van der Waals surface area contributed by atoms with Gasteiger partial charge < -0.3 is 58.0 Å². The van der Waals surface area contributed by atoms with E-state index >= 15 is 0 Å². The Morgan fingerprint density at radius 1 is 0.464 bits per heavy atom. The van der Waals surface area contributed by atoms with Crippen molar-refractivity contribution >= 4 is 31.2 Å². The molecule has 0 aromatic heterocycles. The van der Waals surface area contributed by atoms with E-state index in [2.05, 4.69) is 0 Å². The first-order chi connectivity index (χ1) is 9.46. The van der Waals surface area contributed by atoms with Crippen molar-refractivity contribution in [2.75, 3.05) is 0 Å². The van der Waals surface area contributed by atoms with Gasteiger partial charge in [-0.25, -0.2) is 0 Å². The van der Waals surface area contributed by atoms with E-state index in [1.165, 1.54) is 0 Å². The Morgan fingerprint density at radius 3 is 0.464 bits per heavy atom. The summed E-state index contributed by atoms with van der Waals surface area (Å²) in [7, 11) is -15.5. The van der Waals surface area contributed by atoms with Gasteiger partial charge in [0.15, 0.2) is 0 Å². The molecular weight excluding hydrogens is 809 g/mol. The molecule has 0 aliphatic heterocycles. The van der Waals surface area contributed by atoms with Gasteiger partial charge in [0, 0.05) is 31.2 Å². The quantitative estimate of drug-likeness (QED) is 0.0731. The Kier molecular flexibility index (Phi) is 73.5. The van der Waals surface area contributed by atoms with Crippen LogP contribution < -0.4 is 0 Å².